The molecule has 1 rings (SSSR count). The van der Waals surface area contributed by atoms with Gasteiger partial charge in [0, 0.05) is 0 Å². The lowest BCUT2D eigenvalue weighted by atomic mass is 9.83. The molecular formula is C23H48O3Si2. The highest BCUT2D eigenvalue weighted by Gasteiger charge is 2.41. The topological polar surface area (TPSA) is 38.7 Å². The van der Waals surface area contributed by atoms with Crippen molar-refractivity contribution in [1.29, 1.82) is 0 Å². The summed E-state index contributed by atoms with van der Waals surface area (Å²) in [6, 6.07) is 0. The lowest BCUT2D eigenvalue weighted by Crippen LogP contribution is -2.48. The summed E-state index contributed by atoms with van der Waals surface area (Å²) in [5.41, 5.74) is 0. The van der Waals surface area contributed by atoms with Crippen molar-refractivity contribution in [2.75, 3.05) is 6.61 Å². The predicted molar refractivity (Wildman–Crippen MR) is 127 cm³/mol. The van der Waals surface area contributed by atoms with Gasteiger partial charge in [-0.3, -0.25) is 0 Å². The van der Waals surface area contributed by atoms with E-state index < -0.39 is 22.7 Å². The zero-order valence-corrected chi connectivity index (χ0v) is 22.4. The Morgan fingerprint density at radius 2 is 1.39 bits per heavy atom. The Morgan fingerprint density at radius 3 is 1.86 bits per heavy atom. The summed E-state index contributed by atoms with van der Waals surface area (Å²) >= 11 is 0. The first kappa shape index (κ1) is 26.1. The van der Waals surface area contributed by atoms with Crippen LogP contribution >= 0.6 is 0 Å². The van der Waals surface area contributed by atoms with E-state index in [2.05, 4.69) is 79.9 Å². The maximum Gasteiger partial charge on any atom is 0.193 e. The smallest absolute Gasteiger partial charge is 0.193 e. The second-order valence-electron chi connectivity index (χ2n) is 11.7. The Balaban J connectivity index is 2.88. The molecule has 0 spiro atoms. The standard InChI is InChI=1S/C23H48O3Si2/c1-22(2,3)27(7,8)25-18-14-17-20(26-28(9,10)23(4,5)6)21(24)19-15-12-11-13-16-19/h14,17,19-21,24H,11-13,15-16,18H2,1-10H3/b17-14+/t20-,21+/m1/s1. The Hall–Kier alpha value is 0.0538. The SMILES string of the molecule is CC(C)(C)[Si](C)(C)OC/C=C/[C@@H](O[Si](C)(C)C(C)(C)C)[C@@H](O)C1CCCCC1. The van der Waals surface area contributed by atoms with E-state index in [9.17, 15) is 5.11 Å². The third kappa shape index (κ3) is 7.39. The minimum atomic E-state index is -1.96. The molecule has 1 aliphatic carbocycles. The second kappa shape index (κ2) is 9.91. The van der Waals surface area contributed by atoms with Crippen LogP contribution in [0.15, 0.2) is 12.2 Å². The van der Waals surface area contributed by atoms with Crippen LogP contribution in [0.1, 0.15) is 73.6 Å². The molecule has 1 fully saturated rings. The Kier molecular flexibility index (Phi) is 9.23. The number of hydrogen-bond donors (Lipinski definition) is 1. The van der Waals surface area contributed by atoms with Gasteiger partial charge in [0.05, 0.1) is 18.8 Å². The van der Waals surface area contributed by atoms with Crippen LogP contribution in [-0.2, 0) is 8.85 Å². The number of rotatable bonds is 8. The zero-order valence-electron chi connectivity index (χ0n) is 20.4. The quantitative estimate of drug-likeness (QED) is 0.337. The van der Waals surface area contributed by atoms with E-state index in [-0.39, 0.29) is 16.2 Å². The predicted octanol–water partition coefficient (Wildman–Crippen LogP) is 6.90. The minimum Gasteiger partial charge on any atom is -0.413 e. The van der Waals surface area contributed by atoms with Crippen LogP contribution in [0, 0.1) is 5.92 Å². The third-order valence-electron chi connectivity index (χ3n) is 7.38. The molecule has 1 saturated carbocycles. The van der Waals surface area contributed by atoms with Crippen LogP contribution < -0.4 is 0 Å². The molecule has 0 bridgehead atoms. The summed E-state index contributed by atoms with van der Waals surface area (Å²) in [6.45, 7) is 23.3. The number of aliphatic hydroxyl groups excluding tert-OH is 1. The molecule has 28 heavy (non-hydrogen) atoms. The molecule has 2 atom stereocenters. The van der Waals surface area contributed by atoms with Gasteiger partial charge in [-0.1, -0.05) is 73.0 Å². The number of hydrogen-bond acceptors (Lipinski definition) is 3. The summed E-state index contributed by atoms with van der Waals surface area (Å²) in [6.07, 6.45) is 9.52. The van der Waals surface area contributed by atoms with E-state index >= 15 is 0 Å². The average molecular weight is 429 g/mol. The van der Waals surface area contributed by atoms with Crippen molar-refractivity contribution in [1.82, 2.24) is 0 Å². The molecule has 1 aliphatic rings. The van der Waals surface area contributed by atoms with Crippen LogP contribution in [0.25, 0.3) is 0 Å². The van der Waals surface area contributed by atoms with E-state index in [0.717, 1.165) is 12.8 Å². The summed E-state index contributed by atoms with van der Waals surface area (Å²) in [7, 11) is -3.72. The number of aliphatic hydroxyl groups is 1. The Bertz CT molecular complexity index is 495. The molecule has 0 amide bonds. The van der Waals surface area contributed by atoms with Crippen molar-refractivity contribution in [2.24, 2.45) is 5.92 Å². The summed E-state index contributed by atoms with van der Waals surface area (Å²) in [4.78, 5) is 0. The van der Waals surface area contributed by atoms with E-state index in [1.807, 2.05) is 0 Å². The second-order valence-corrected chi connectivity index (χ2v) is 21.3. The van der Waals surface area contributed by atoms with Gasteiger partial charge in [0.25, 0.3) is 0 Å². The van der Waals surface area contributed by atoms with Gasteiger partial charge in [-0.05, 0) is 55.0 Å². The lowest BCUT2D eigenvalue weighted by molar-refractivity contribution is 0.00180. The first-order valence-electron chi connectivity index (χ1n) is 11.2. The molecule has 0 aromatic rings. The van der Waals surface area contributed by atoms with Crippen molar-refractivity contribution in [2.45, 2.75) is 122 Å². The van der Waals surface area contributed by atoms with Crippen LogP contribution in [0.2, 0.25) is 36.3 Å². The van der Waals surface area contributed by atoms with Crippen LogP contribution in [0.3, 0.4) is 0 Å². The molecule has 0 saturated heterocycles. The van der Waals surface area contributed by atoms with Gasteiger partial charge in [-0.25, -0.2) is 0 Å². The van der Waals surface area contributed by atoms with Gasteiger partial charge >= 0.3 is 0 Å². The molecule has 0 aromatic carbocycles. The largest absolute Gasteiger partial charge is 0.413 e. The molecule has 166 valence electrons. The summed E-state index contributed by atoms with van der Waals surface area (Å²) in [5.74, 6) is 0.356. The van der Waals surface area contributed by atoms with E-state index in [1.54, 1.807) is 0 Å². The van der Waals surface area contributed by atoms with Crippen molar-refractivity contribution < 1.29 is 14.0 Å². The average Bonchev–Trinajstić information content (AvgIpc) is 2.55. The Labute approximate surface area is 177 Å². The molecule has 0 radical (unpaired) electrons. The molecule has 5 heteroatoms. The lowest BCUT2D eigenvalue weighted by Gasteiger charge is -2.41. The van der Waals surface area contributed by atoms with Crippen LogP contribution in [0.4, 0.5) is 0 Å². The van der Waals surface area contributed by atoms with Gasteiger partial charge in [0.15, 0.2) is 16.6 Å². The highest BCUT2D eigenvalue weighted by Crippen LogP contribution is 2.39. The zero-order chi connectivity index (χ0) is 21.8. The van der Waals surface area contributed by atoms with Crippen molar-refractivity contribution >= 4 is 16.6 Å². The highest BCUT2D eigenvalue weighted by atomic mass is 28.4. The van der Waals surface area contributed by atoms with Gasteiger partial charge in [-0.15, -0.1) is 0 Å². The van der Waals surface area contributed by atoms with E-state index in [4.69, 9.17) is 8.85 Å². The normalized spacial score (nSPS) is 20.5. The highest BCUT2D eigenvalue weighted by molar-refractivity contribution is 6.74. The maximum absolute atomic E-state index is 11.2. The van der Waals surface area contributed by atoms with Crippen LogP contribution in [-0.4, -0.2) is 40.6 Å². The van der Waals surface area contributed by atoms with Gasteiger partial charge in [-0.2, -0.15) is 0 Å². The Morgan fingerprint density at radius 1 is 0.893 bits per heavy atom. The van der Waals surface area contributed by atoms with Gasteiger partial charge in [0.1, 0.15) is 0 Å². The van der Waals surface area contributed by atoms with Gasteiger partial charge < -0.3 is 14.0 Å². The summed E-state index contributed by atoms with van der Waals surface area (Å²) < 4.78 is 13.0. The molecular weight excluding hydrogens is 380 g/mol. The monoisotopic (exact) mass is 428 g/mol. The molecule has 0 aliphatic heterocycles. The van der Waals surface area contributed by atoms with Crippen molar-refractivity contribution in [3.05, 3.63) is 12.2 Å². The first-order valence-corrected chi connectivity index (χ1v) is 17.1. The molecule has 3 nitrogen and oxygen atoms in total. The maximum atomic E-state index is 11.2. The fraction of sp³-hybridized carbons (Fsp3) is 0.913. The fourth-order valence-corrected chi connectivity index (χ4v) is 5.34. The van der Waals surface area contributed by atoms with E-state index in [0.29, 0.717) is 12.5 Å². The van der Waals surface area contributed by atoms with Crippen LogP contribution in [0.5, 0.6) is 0 Å². The molecule has 1 N–H and O–H groups in total. The molecule has 0 aromatic heterocycles. The van der Waals surface area contributed by atoms with Gasteiger partial charge in [0.2, 0.25) is 0 Å². The fourth-order valence-electron chi connectivity index (χ4n) is 3.15. The third-order valence-corrected chi connectivity index (χ3v) is 16.4. The summed E-state index contributed by atoms with van der Waals surface area (Å²) in [5, 5.41) is 11.5. The molecule has 0 heterocycles. The minimum absolute atomic E-state index is 0.128. The van der Waals surface area contributed by atoms with Crippen molar-refractivity contribution in [3.63, 3.8) is 0 Å². The van der Waals surface area contributed by atoms with E-state index in [1.165, 1.54) is 19.3 Å². The van der Waals surface area contributed by atoms with Crippen molar-refractivity contribution in [3.8, 4) is 0 Å². The first-order chi connectivity index (χ1) is 12.6. The molecule has 0 unspecified atom stereocenters.